The molecule has 3 rings (SSSR count). The van der Waals surface area contributed by atoms with Gasteiger partial charge in [-0.05, 0) is 48.1 Å². The van der Waals surface area contributed by atoms with E-state index < -0.39 is 5.97 Å². The van der Waals surface area contributed by atoms with Crippen LogP contribution in [-0.2, 0) is 11.2 Å². The van der Waals surface area contributed by atoms with Crippen molar-refractivity contribution >= 4 is 29.3 Å². The molecule has 7 heteroatoms. The Bertz CT molecular complexity index is 1080. The van der Waals surface area contributed by atoms with Crippen molar-refractivity contribution in [3.05, 3.63) is 53.1 Å². The van der Waals surface area contributed by atoms with Gasteiger partial charge in [-0.2, -0.15) is 9.64 Å². The fourth-order valence-electron chi connectivity index (χ4n) is 2.94. The number of rotatable bonds is 7. The Morgan fingerprint density at radius 2 is 2.07 bits per heavy atom. The number of carboxylic acid groups (broad SMARTS) is 1. The Morgan fingerprint density at radius 3 is 2.72 bits per heavy atom. The quantitative estimate of drug-likeness (QED) is 0.500. The molecule has 2 aromatic carbocycles. The Morgan fingerprint density at radius 1 is 1.28 bits per heavy atom. The van der Waals surface area contributed by atoms with Crippen molar-refractivity contribution in [2.24, 2.45) is 0 Å². The van der Waals surface area contributed by atoms with Crippen LogP contribution in [0.15, 0.2) is 41.3 Å². The van der Waals surface area contributed by atoms with Gasteiger partial charge in [-0.15, -0.1) is 11.8 Å². The lowest BCUT2D eigenvalue weighted by Gasteiger charge is -2.07. The van der Waals surface area contributed by atoms with Gasteiger partial charge in [0.2, 0.25) is 0 Å². The van der Waals surface area contributed by atoms with Crippen molar-refractivity contribution in [1.82, 2.24) is 9.36 Å². The summed E-state index contributed by atoms with van der Waals surface area (Å²) in [6.45, 7) is 6.18. The van der Waals surface area contributed by atoms with Crippen molar-refractivity contribution in [1.29, 1.82) is 5.26 Å². The van der Waals surface area contributed by atoms with Crippen molar-refractivity contribution in [2.45, 2.75) is 43.8 Å². The van der Waals surface area contributed by atoms with Crippen LogP contribution in [0.3, 0.4) is 0 Å². The Labute approximate surface area is 178 Å². The molecule has 3 aromatic rings. The van der Waals surface area contributed by atoms with Gasteiger partial charge in [0.05, 0.1) is 5.56 Å². The molecule has 29 heavy (non-hydrogen) atoms. The molecule has 1 aromatic heterocycles. The summed E-state index contributed by atoms with van der Waals surface area (Å²) in [7, 11) is 0. The van der Waals surface area contributed by atoms with E-state index in [-0.39, 0.29) is 6.42 Å². The molecule has 0 fully saturated rings. The highest BCUT2D eigenvalue weighted by molar-refractivity contribution is 8.00. The fourth-order valence-corrected chi connectivity index (χ4v) is 4.50. The van der Waals surface area contributed by atoms with Crippen LogP contribution in [0.5, 0.6) is 0 Å². The summed E-state index contributed by atoms with van der Waals surface area (Å²) in [4.78, 5) is 16.4. The average Bonchev–Trinajstić information content (AvgIpc) is 3.16. The van der Waals surface area contributed by atoms with Gasteiger partial charge < -0.3 is 5.11 Å². The maximum absolute atomic E-state index is 10.8. The minimum Gasteiger partial charge on any atom is -0.481 e. The number of hydrogen-bond donors (Lipinski definition) is 1. The zero-order valence-corrected chi connectivity index (χ0v) is 18.1. The molecular formula is C22H21N3O2S2. The predicted molar refractivity (Wildman–Crippen MR) is 117 cm³/mol. The summed E-state index contributed by atoms with van der Waals surface area (Å²) in [5, 5.41) is 19.5. The lowest BCUT2D eigenvalue weighted by Crippen LogP contribution is -1.98. The number of nitrogens with zero attached hydrogens (tertiary/aromatic N) is 3. The summed E-state index contributed by atoms with van der Waals surface area (Å²) in [6.07, 6.45) is 0.619. The van der Waals surface area contributed by atoms with E-state index in [4.69, 9.17) is 5.11 Å². The van der Waals surface area contributed by atoms with E-state index in [0.29, 0.717) is 23.1 Å². The molecule has 0 unspecified atom stereocenters. The second kappa shape index (κ2) is 9.21. The number of aliphatic carboxylic acids is 1. The van der Waals surface area contributed by atoms with Gasteiger partial charge in [0.1, 0.15) is 11.1 Å². The van der Waals surface area contributed by atoms with Gasteiger partial charge in [0.15, 0.2) is 5.82 Å². The average molecular weight is 424 g/mol. The number of thioether (sulfide) groups is 1. The molecule has 0 aliphatic carbocycles. The summed E-state index contributed by atoms with van der Waals surface area (Å²) in [6, 6.07) is 14.0. The first kappa shape index (κ1) is 21.0. The minimum absolute atomic E-state index is 0.115. The van der Waals surface area contributed by atoms with E-state index in [1.807, 2.05) is 43.3 Å². The van der Waals surface area contributed by atoms with Crippen LogP contribution in [0.4, 0.5) is 0 Å². The van der Waals surface area contributed by atoms with Gasteiger partial charge in [0.25, 0.3) is 0 Å². The van der Waals surface area contributed by atoms with Gasteiger partial charge in [-0.1, -0.05) is 38.1 Å². The van der Waals surface area contributed by atoms with Crippen LogP contribution in [0.25, 0.3) is 22.0 Å². The Hall–Kier alpha value is -2.69. The molecule has 0 radical (unpaired) electrons. The monoisotopic (exact) mass is 423 g/mol. The molecule has 0 bridgehead atoms. The molecule has 1 heterocycles. The number of aryl methyl sites for hydroxylation is 2. The molecule has 0 saturated heterocycles. The Balaban J connectivity index is 1.86. The van der Waals surface area contributed by atoms with E-state index in [0.717, 1.165) is 32.2 Å². The molecule has 5 nitrogen and oxygen atoms in total. The first-order valence-corrected chi connectivity index (χ1v) is 10.9. The van der Waals surface area contributed by atoms with Crippen LogP contribution in [0.1, 0.15) is 37.0 Å². The topological polar surface area (TPSA) is 86.9 Å². The van der Waals surface area contributed by atoms with E-state index in [1.54, 1.807) is 11.8 Å². The van der Waals surface area contributed by atoms with Crippen molar-refractivity contribution in [3.8, 4) is 28.0 Å². The van der Waals surface area contributed by atoms with Gasteiger partial charge >= 0.3 is 5.97 Å². The molecule has 0 aliphatic heterocycles. The second-order valence-electron chi connectivity index (χ2n) is 6.96. The predicted octanol–water partition coefficient (Wildman–Crippen LogP) is 5.57. The molecule has 0 aliphatic rings. The zero-order chi connectivity index (χ0) is 21.0. The fraction of sp³-hybridized carbons (Fsp3) is 0.273. The highest BCUT2D eigenvalue weighted by Crippen LogP contribution is 2.32. The number of hydrogen-bond acceptors (Lipinski definition) is 6. The highest BCUT2D eigenvalue weighted by Gasteiger charge is 2.14. The molecule has 0 atom stereocenters. The van der Waals surface area contributed by atoms with Crippen LogP contribution < -0.4 is 0 Å². The lowest BCUT2D eigenvalue weighted by molar-refractivity contribution is -0.136. The SMILES string of the molecule is Cc1cc(CCC(=O)O)ccc1-c1nsc(-c2ccc(SC(C)C)c(C#N)c2)n1. The van der Waals surface area contributed by atoms with Crippen LogP contribution in [0, 0.1) is 18.3 Å². The van der Waals surface area contributed by atoms with Gasteiger partial charge in [-0.3, -0.25) is 4.79 Å². The largest absolute Gasteiger partial charge is 0.481 e. The van der Waals surface area contributed by atoms with E-state index in [9.17, 15) is 10.1 Å². The standard InChI is InChI=1S/C22H21N3O2S2/c1-13(2)28-19-8-6-16(11-17(19)12-23)22-24-21(25-29-22)18-7-4-15(10-14(18)3)5-9-20(26)27/h4,6-8,10-11,13H,5,9H2,1-3H3,(H,26,27). The summed E-state index contributed by atoms with van der Waals surface area (Å²) < 4.78 is 4.50. The molecule has 148 valence electrons. The van der Waals surface area contributed by atoms with E-state index >= 15 is 0 Å². The third-order valence-electron chi connectivity index (χ3n) is 4.29. The molecule has 0 amide bonds. The maximum atomic E-state index is 10.8. The number of nitriles is 1. The molecular weight excluding hydrogens is 402 g/mol. The zero-order valence-electron chi connectivity index (χ0n) is 16.5. The van der Waals surface area contributed by atoms with Gasteiger partial charge in [-0.25, -0.2) is 4.98 Å². The first-order chi connectivity index (χ1) is 13.9. The van der Waals surface area contributed by atoms with Crippen molar-refractivity contribution in [2.75, 3.05) is 0 Å². The number of benzene rings is 2. The maximum Gasteiger partial charge on any atom is 0.303 e. The summed E-state index contributed by atoms with van der Waals surface area (Å²) >= 11 is 2.98. The number of carboxylic acids is 1. The number of aromatic nitrogens is 2. The van der Waals surface area contributed by atoms with E-state index in [1.165, 1.54) is 11.5 Å². The highest BCUT2D eigenvalue weighted by atomic mass is 32.2. The summed E-state index contributed by atoms with van der Waals surface area (Å²) in [5.74, 6) is -0.154. The normalized spacial score (nSPS) is 10.9. The minimum atomic E-state index is -0.799. The van der Waals surface area contributed by atoms with Crippen LogP contribution >= 0.6 is 23.3 Å². The molecule has 0 spiro atoms. The second-order valence-corrected chi connectivity index (χ2v) is 9.33. The molecule has 0 saturated carbocycles. The number of carbonyl (C=O) groups is 1. The van der Waals surface area contributed by atoms with E-state index in [2.05, 4.69) is 29.3 Å². The van der Waals surface area contributed by atoms with Crippen molar-refractivity contribution < 1.29 is 9.90 Å². The Kier molecular flexibility index (Phi) is 6.68. The van der Waals surface area contributed by atoms with Gasteiger partial charge in [0, 0.05) is 27.7 Å². The lowest BCUT2D eigenvalue weighted by atomic mass is 10.0. The third-order valence-corrected chi connectivity index (χ3v) is 6.14. The first-order valence-electron chi connectivity index (χ1n) is 9.24. The summed E-state index contributed by atoms with van der Waals surface area (Å²) in [5.41, 5.74) is 4.46. The third kappa shape index (κ3) is 5.22. The van der Waals surface area contributed by atoms with Crippen LogP contribution in [-0.4, -0.2) is 25.7 Å². The molecule has 1 N–H and O–H groups in total. The smallest absolute Gasteiger partial charge is 0.303 e. The van der Waals surface area contributed by atoms with Crippen molar-refractivity contribution in [3.63, 3.8) is 0 Å². The van der Waals surface area contributed by atoms with Crippen LogP contribution in [0.2, 0.25) is 0 Å².